The maximum atomic E-state index is 13.2. The molecule has 7 nitrogen and oxygen atoms in total. The number of rotatable bonds is 4. The predicted molar refractivity (Wildman–Crippen MR) is 136 cm³/mol. The first-order valence-corrected chi connectivity index (χ1v) is 12.9. The highest BCUT2D eigenvalue weighted by Gasteiger charge is 2.26. The fourth-order valence-electron chi connectivity index (χ4n) is 4.92. The molecule has 7 heteroatoms. The van der Waals surface area contributed by atoms with Crippen molar-refractivity contribution in [2.45, 2.75) is 52.5 Å². The number of amides is 1. The van der Waals surface area contributed by atoms with Gasteiger partial charge in [-0.25, -0.2) is 4.98 Å². The molecular formula is C28H39N3O4. The molecule has 4 rings (SSSR count). The number of aliphatic hydroxyl groups excluding tert-OH is 1. The van der Waals surface area contributed by atoms with Crippen LogP contribution in [0, 0.1) is 11.3 Å². The standard InChI is InChI=1S/C28H39N3O4/c1-28(2)13-6-15-30(20-26(33)31-16-10-22(11-17-31)12-18-32)19-23-7-5-14-29-27(23)35-25-9-4-3-8-24(25)34-21-28/h3-5,7-9,14,22,32H,6,10-13,15-21H2,1-2H3. The monoisotopic (exact) mass is 481 g/mol. The third-order valence-corrected chi connectivity index (χ3v) is 7.11. The van der Waals surface area contributed by atoms with Crippen molar-refractivity contribution < 1.29 is 19.4 Å². The van der Waals surface area contributed by atoms with Crippen molar-refractivity contribution in [3.63, 3.8) is 0 Å². The molecule has 2 aromatic rings. The molecule has 0 aliphatic carbocycles. The number of likely N-dealkylation sites (tertiary alicyclic amines) is 1. The van der Waals surface area contributed by atoms with Crippen LogP contribution in [0.15, 0.2) is 42.6 Å². The van der Waals surface area contributed by atoms with Crippen molar-refractivity contribution in [2.24, 2.45) is 11.3 Å². The SMILES string of the molecule is CC1(C)CCCN(CC(=O)N2CCC(CCO)CC2)Cc2cccnc2Oc2ccccc2OC1. The fraction of sp³-hybridized carbons (Fsp3) is 0.571. The third kappa shape index (κ3) is 7.18. The average molecular weight is 482 g/mol. The highest BCUT2D eigenvalue weighted by Crippen LogP contribution is 2.34. The van der Waals surface area contributed by atoms with E-state index in [1.54, 1.807) is 6.20 Å². The van der Waals surface area contributed by atoms with Crippen LogP contribution in [-0.2, 0) is 11.3 Å². The van der Waals surface area contributed by atoms with Crippen molar-refractivity contribution in [1.82, 2.24) is 14.8 Å². The van der Waals surface area contributed by atoms with Gasteiger partial charge in [-0.2, -0.15) is 0 Å². The van der Waals surface area contributed by atoms with E-state index in [4.69, 9.17) is 9.47 Å². The summed E-state index contributed by atoms with van der Waals surface area (Å²) < 4.78 is 12.4. The number of hydrogen-bond donors (Lipinski definition) is 1. The summed E-state index contributed by atoms with van der Waals surface area (Å²) in [7, 11) is 0. The molecule has 0 bridgehead atoms. The van der Waals surface area contributed by atoms with E-state index < -0.39 is 0 Å². The first-order chi connectivity index (χ1) is 16.9. The van der Waals surface area contributed by atoms with Crippen molar-refractivity contribution >= 4 is 5.91 Å². The third-order valence-electron chi connectivity index (χ3n) is 7.11. The summed E-state index contributed by atoms with van der Waals surface area (Å²) in [5, 5.41) is 9.22. The predicted octanol–water partition coefficient (Wildman–Crippen LogP) is 4.50. The van der Waals surface area contributed by atoms with E-state index in [1.807, 2.05) is 41.3 Å². The van der Waals surface area contributed by atoms with Gasteiger partial charge in [0.1, 0.15) is 0 Å². The molecule has 0 spiro atoms. The molecule has 1 saturated heterocycles. The number of carbonyl (C=O) groups excluding carboxylic acids is 1. The molecule has 3 heterocycles. The van der Waals surface area contributed by atoms with Crippen LogP contribution in [0.2, 0.25) is 0 Å². The zero-order valence-corrected chi connectivity index (χ0v) is 21.1. The smallest absolute Gasteiger partial charge is 0.236 e. The van der Waals surface area contributed by atoms with Crippen LogP contribution in [-0.4, -0.2) is 65.2 Å². The Labute approximate surface area is 209 Å². The van der Waals surface area contributed by atoms with Crippen LogP contribution in [0.4, 0.5) is 0 Å². The summed E-state index contributed by atoms with van der Waals surface area (Å²) in [5.41, 5.74) is 0.951. The van der Waals surface area contributed by atoms with Crippen molar-refractivity contribution in [3.05, 3.63) is 48.2 Å². The van der Waals surface area contributed by atoms with Crippen LogP contribution < -0.4 is 9.47 Å². The van der Waals surface area contributed by atoms with Gasteiger partial charge in [-0.1, -0.05) is 32.0 Å². The van der Waals surface area contributed by atoms with Gasteiger partial charge in [0, 0.05) is 38.0 Å². The van der Waals surface area contributed by atoms with E-state index in [0.29, 0.717) is 43.0 Å². The summed E-state index contributed by atoms with van der Waals surface area (Å²) in [4.78, 5) is 22.0. The van der Waals surface area contributed by atoms with E-state index in [9.17, 15) is 9.90 Å². The van der Waals surface area contributed by atoms with Gasteiger partial charge >= 0.3 is 0 Å². The fourth-order valence-corrected chi connectivity index (χ4v) is 4.92. The number of pyridine rings is 1. The van der Waals surface area contributed by atoms with Crippen molar-refractivity contribution in [3.8, 4) is 17.4 Å². The Hall–Kier alpha value is -2.64. The molecule has 190 valence electrons. The number of hydrogen-bond acceptors (Lipinski definition) is 6. The normalized spacial score (nSPS) is 19.7. The molecule has 2 aliphatic heterocycles. The van der Waals surface area contributed by atoms with Gasteiger partial charge in [0.25, 0.3) is 0 Å². The molecule has 0 atom stereocenters. The summed E-state index contributed by atoms with van der Waals surface area (Å²) in [5.74, 6) is 2.61. The Morgan fingerprint density at radius 2 is 1.89 bits per heavy atom. The van der Waals surface area contributed by atoms with E-state index >= 15 is 0 Å². The first-order valence-electron chi connectivity index (χ1n) is 12.9. The van der Waals surface area contributed by atoms with Crippen LogP contribution in [0.5, 0.6) is 17.4 Å². The van der Waals surface area contributed by atoms with Gasteiger partial charge in [-0.3, -0.25) is 9.69 Å². The maximum absolute atomic E-state index is 13.2. The number of nitrogens with zero attached hydrogens (tertiary/aromatic N) is 3. The van der Waals surface area contributed by atoms with E-state index in [0.717, 1.165) is 57.3 Å². The van der Waals surface area contributed by atoms with Crippen LogP contribution in [0.25, 0.3) is 0 Å². The van der Waals surface area contributed by atoms with Gasteiger partial charge in [0.15, 0.2) is 11.5 Å². The molecular weight excluding hydrogens is 442 g/mol. The lowest BCUT2D eigenvalue weighted by molar-refractivity contribution is -0.134. The number of aliphatic hydroxyl groups is 1. The van der Waals surface area contributed by atoms with Gasteiger partial charge in [-0.15, -0.1) is 0 Å². The zero-order chi connectivity index (χ0) is 24.7. The molecule has 35 heavy (non-hydrogen) atoms. The van der Waals surface area contributed by atoms with Crippen LogP contribution in [0.1, 0.15) is 51.5 Å². The molecule has 1 aromatic carbocycles. The van der Waals surface area contributed by atoms with Crippen LogP contribution >= 0.6 is 0 Å². The first kappa shape index (κ1) is 25.5. The lowest BCUT2D eigenvalue weighted by Gasteiger charge is -2.34. The number of carbonyl (C=O) groups is 1. The summed E-state index contributed by atoms with van der Waals surface area (Å²) in [6.07, 6.45) is 6.48. The largest absolute Gasteiger partial charge is 0.489 e. The minimum atomic E-state index is -0.00344. The number of piperidine rings is 1. The number of para-hydroxylation sites is 2. The molecule has 0 saturated carbocycles. The molecule has 1 fully saturated rings. The van der Waals surface area contributed by atoms with E-state index in [1.165, 1.54) is 0 Å². The number of aromatic nitrogens is 1. The second-order valence-electron chi connectivity index (χ2n) is 10.6. The minimum absolute atomic E-state index is 0.00344. The summed E-state index contributed by atoms with van der Waals surface area (Å²) >= 11 is 0. The number of benzene rings is 1. The maximum Gasteiger partial charge on any atom is 0.236 e. The second kappa shape index (κ2) is 11.9. The molecule has 1 N–H and O–H groups in total. The van der Waals surface area contributed by atoms with Crippen LogP contribution in [0.3, 0.4) is 0 Å². The van der Waals surface area contributed by atoms with Crippen molar-refractivity contribution in [2.75, 3.05) is 39.4 Å². The summed E-state index contributed by atoms with van der Waals surface area (Å²) in [6, 6.07) is 11.7. The average Bonchev–Trinajstić information content (AvgIpc) is 2.85. The number of fused-ring (bicyclic) bond motifs is 2. The highest BCUT2D eigenvalue weighted by molar-refractivity contribution is 5.78. The molecule has 1 aromatic heterocycles. The van der Waals surface area contributed by atoms with Gasteiger partial charge in [0.2, 0.25) is 11.8 Å². The molecule has 0 radical (unpaired) electrons. The van der Waals surface area contributed by atoms with E-state index in [-0.39, 0.29) is 17.9 Å². The Balaban J connectivity index is 1.51. The zero-order valence-electron chi connectivity index (χ0n) is 21.1. The quantitative estimate of drug-likeness (QED) is 0.693. The number of ether oxygens (including phenoxy) is 2. The van der Waals surface area contributed by atoms with Gasteiger partial charge in [-0.05, 0) is 68.2 Å². The molecule has 2 aliphatic rings. The van der Waals surface area contributed by atoms with Gasteiger partial charge < -0.3 is 19.5 Å². The lowest BCUT2D eigenvalue weighted by Crippen LogP contribution is -2.44. The Bertz CT molecular complexity index is 972. The van der Waals surface area contributed by atoms with Crippen molar-refractivity contribution in [1.29, 1.82) is 0 Å². The lowest BCUT2D eigenvalue weighted by atomic mass is 9.88. The Kier molecular flexibility index (Phi) is 8.63. The van der Waals surface area contributed by atoms with E-state index in [2.05, 4.69) is 23.7 Å². The Morgan fingerprint density at radius 3 is 2.66 bits per heavy atom. The highest BCUT2D eigenvalue weighted by atomic mass is 16.5. The minimum Gasteiger partial charge on any atom is -0.489 e. The topological polar surface area (TPSA) is 75.1 Å². The molecule has 1 amide bonds. The second-order valence-corrected chi connectivity index (χ2v) is 10.6. The van der Waals surface area contributed by atoms with Gasteiger partial charge in [0.05, 0.1) is 13.2 Å². The Morgan fingerprint density at radius 1 is 1.11 bits per heavy atom. The molecule has 0 unspecified atom stereocenters. The summed E-state index contributed by atoms with van der Waals surface area (Å²) in [6.45, 7) is 8.61.